The van der Waals surface area contributed by atoms with Crippen LogP contribution in [-0.2, 0) is 18.9 Å². The van der Waals surface area contributed by atoms with Gasteiger partial charge in [0.1, 0.15) is 5.82 Å². The minimum atomic E-state index is -4.98. The maximum atomic E-state index is 13.8. The summed E-state index contributed by atoms with van der Waals surface area (Å²) in [6.45, 7) is -0.576. The van der Waals surface area contributed by atoms with Crippen LogP contribution in [0.3, 0.4) is 0 Å². The van der Waals surface area contributed by atoms with Crippen molar-refractivity contribution in [2.75, 3.05) is 5.32 Å². The average Bonchev–Trinajstić information content (AvgIpc) is 2.52. The van der Waals surface area contributed by atoms with Gasteiger partial charge in [-0.25, -0.2) is 13.6 Å². The van der Waals surface area contributed by atoms with Gasteiger partial charge in [0, 0.05) is 6.54 Å². The number of halogens is 8. The molecule has 2 N–H and O–H groups in total. The molecule has 0 saturated heterocycles. The molecular formula is C16H10F8N2O. The van der Waals surface area contributed by atoms with Crippen molar-refractivity contribution in [3.05, 3.63) is 64.7 Å². The smallest absolute Gasteiger partial charge is 0.334 e. The molecule has 0 unspecified atom stereocenters. The largest absolute Gasteiger partial charge is 0.419 e. The molecule has 2 aromatic rings. The maximum Gasteiger partial charge on any atom is 0.419 e. The molecule has 0 spiro atoms. The van der Waals surface area contributed by atoms with Crippen LogP contribution in [0.15, 0.2) is 36.4 Å². The van der Waals surface area contributed by atoms with Crippen LogP contribution in [0.1, 0.15) is 16.7 Å². The summed E-state index contributed by atoms with van der Waals surface area (Å²) in [5.74, 6) is -2.91. The molecule has 0 atom stereocenters. The molecular weight excluding hydrogens is 388 g/mol. The van der Waals surface area contributed by atoms with Crippen molar-refractivity contribution in [3.63, 3.8) is 0 Å². The lowest BCUT2D eigenvalue weighted by Gasteiger charge is -2.13. The predicted octanol–water partition coefficient (Wildman–Crippen LogP) is 5.32. The highest BCUT2D eigenvalue weighted by Gasteiger charge is 2.35. The maximum absolute atomic E-state index is 13.8. The molecule has 27 heavy (non-hydrogen) atoms. The second-order valence-corrected chi connectivity index (χ2v) is 5.32. The first kappa shape index (κ1) is 20.5. The highest BCUT2D eigenvalue weighted by Crippen LogP contribution is 2.34. The van der Waals surface area contributed by atoms with Gasteiger partial charge in [0.25, 0.3) is 0 Å². The van der Waals surface area contributed by atoms with Gasteiger partial charge < -0.3 is 10.6 Å². The Labute approximate surface area is 147 Å². The third-order valence-corrected chi connectivity index (χ3v) is 3.29. The fourth-order valence-corrected chi connectivity index (χ4v) is 2.11. The zero-order valence-corrected chi connectivity index (χ0v) is 13.1. The number of carbonyl (C=O) groups excluding carboxylic acids is 1. The molecule has 0 aliphatic rings. The van der Waals surface area contributed by atoms with E-state index >= 15 is 0 Å². The summed E-state index contributed by atoms with van der Waals surface area (Å²) in [4.78, 5) is 11.7. The number of nitrogens with one attached hydrogen (secondary N) is 2. The molecule has 2 aromatic carbocycles. The standard InChI is InChI=1S/C16H10F8N2O/c17-10-5-8(4-9(6-10)15(19,20)21)7-25-14(27)26-12-3-1-2-11(13(12)18)16(22,23)24/h1-6H,7H2,(H2,25,26,27). The first-order chi connectivity index (χ1) is 12.4. The number of anilines is 1. The van der Waals surface area contributed by atoms with E-state index < -0.39 is 53.4 Å². The zero-order chi connectivity index (χ0) is 20.4. The Balaban J connectivity index is 2.09. The van der Waals surface area contributed by atoms with Gasteiger partial charge in [-0.15, -0.1) is 0 Å². The molecule has 0 aliphatic heterocycles. The molecule has 0 bridgehead atoms. The van der Waals surface area contributed by atoms with E-state index in [1.807, 2.05) is 10.6 Å². The van der Waals surface area contributed by atoms with Crippen LogP contribution in [0.2, 0.25) is 0 Å². The molecule has 0 saturated carbocycles. The van der Waals surface area contributed by atoms with E-state index in [1.54, 1.807) is 0 Å². The Kier molecular flexibility index (Phi) is 5.62. The molecule has 0 fully saturated rings. The van der Waals surface area contributed by atoms with Crippen molar-refractivity contribution in [2.24, 2.45) is 0 Å². The summed E-state index contributed by atoms with van der Waals surface area (Å²) < 4.78 is 103. The predicted molar refractivity (Wildman–Crippen MR) is 78.7 cm³/mol. The molecule has 0 heterocycles. The zero-order valence-electron chi connectivity index (χ0n) is 13.1. The van der Waals surface area contributed by atoms with Gasteiger partial charge in [-0.2, -0.15) is 26.3 Å². The van der Waals surface area contributed by atoms with E-state index in [4.69, 9.17) is 0 Å². The number of carbonyl (C=O) groups is 1. The Morgan fingerprint density at radius 2 is 1.59 bits per heavy atom. The van der Waals surface area contributed by atoms with Crippen LogP contribution < -0.4 is 10.6 Å². The average molecular weight is 398 g/mol. The third-order valence-electron chi connectivity index (χ3n) is 3.29. The molecule has 2 rings (SSSR count). The summed E-state index contributed by atoms with van der Waals surface area (Å²) in [5.41, 5.74) is -3.90. The van der Waals surface area contributed by atoms with Crippen LogP contribution in [0, 0.1) is 11.6 Å². The lowest BCUT2D eigenvalue weighted by Crippen LogP contribution is -2.29. The number of benzene rings is 2. The van der Waals surface area contributed by atoms with Crippen molar-refractivity contribution in [2.45, 2.75) is 18.9 Å². The summed E-state index contributed by atoms with van der Waals surface area (Å²) in [6, 6.07) is 2.61. The van der Waals surface area contributed by atoms with Crippen molar-refractivity contribution >= 4 is 11.7 Å². The highest BCUT2D eigenvalue weighted by atomic mass is 19.4. The Hall–Kier alpha value is -2.85. The van der Waals surface area contributed by atoms with Crippen molar-refractivity contribution in [1.82, 2.24) is 5.32 Å². The molecule has 146 valence electrons. The minimum Gasteiger partial charge on any atom is -0.334 e. The van der Waals surface area contributed by atoms with E-state index in [9.17, 15) is 39.9 Å². The van der Waals surface area contributed by atoms with Crippen molar-refractivity contribution < 1.29 is 39.9 Å². The summed E-state index contributed by atoms with van der Waals surface area (Å²) in [7, 11) is 0. The van der Waals surface area contributed by atoms with Crippen molar-refractivity contribution in [1.29, 1.82) is 0 Å². The first-order valence-electron chi connectivity index (χ1n) is 7.15. The van der Waals surface area contributed by atoms with Gasteiger partial charge in [0.05, 0.1) is 16.8 Å². The second kappa shape index (κ2) is 7.41. The quantitative estimate of drug-likeness (QED) is 0.675. The number of hydrogen-bond donors (Lipinski definition) is 2. The number of rotatable bonds is 3. The summed E-state index contributed by atoms with van der Waals surface area (Å²) in [6.07, 6.45) is -9.78. The van der Waals surface area contributed by atoms with Crippen LogP contribution in [0.25, 0.3) is 0 Å². The number of hydrogen-bond acceptors (Lipinski definition) is 1. The highest BCUT2D eigenvalue weighted by molar-refractivity contribution is 5.89. The molecule has 3 nitrogen and oxygen atoms in total. The van der Waals surface area contributed by atoms with Crippen LogP contribution in [0.5, 0.6) is 0 Å². The van der Waals surface area contributed by atoms with E-state index in [-0.39, 0.29) is 11.6 Å². The molecule has 0 aromatic heterocycles. The Morgan fingerprint density at radius 3 is 2.19 bits per heavy atom. The molecule has 2 amide bonds. The summed E-state index contributed by atoms with van der Waals surface area (Å²) >= 11 is 0. The fraction of sp³-hybridized carbons (Fsp3) is 0.188. The normalized spacial score (nSPS) is 12.0. The minimum absolute atomic E-state index is 0.248. The van der Waals surface area contributed by atoms with Crippen molar-refractivity contribution in [3.8, 4) is 0 Å². The Bertz CT molecular complexity index is 845. The van der Waals surface area contributed by atoms with Gasteiger partial charge in [0.15, 0.2) is 5.82 Å². The van der Waals surface area contributed by atoms with Gasteiger partial charge in [-0.3, -0.25) is 0 Å². The molecule has 0 radical (unpaired) electrons. The third kappa shape index (κ3) is 5.31. The number of alkyl halides is 6. The van der Waals surface area contributed by atoms with E-state index in [1.165, 1.54) is 0 Å². The van der Waals surface area contributed by atoms with E-state index in [0.717, 1.165) is 18.2 Å². The summed E-state index contributed by atoms with van der Waals surface area (Å²) in [5, 5.41) is 3.82. The number of urea groups is 1. The van der Waals surface area contributed by atoms with Gasteiger partial charge >= 0.3 is 18.4 Å². The van der Waals surface area contributed by atoms with Crippen LogP contribution in [0.4, 0.5) is 45.6 Å². The topological polar surface area (TPSA) is 41.1 Å². The van der Waals surface area contributed by atoms with E-state index in [0.29, 0.717) is 12.1 Å². The van der Waals surface area contributed by atoms with Gasteiger partial charge in [-0.05, 0) is 35.9 Å². The van der Waals surface area contributed by atoms with Gasteiger partial charge in [0.2, 0.25) is 0 Å². The van der Waals surface area contributed by atoms with Gasteiger partial charge in [-0.1, -0.05) is 6.07 Å². The van der Waals surface area contributed by atoms with Crippen LogP contribution >= 0.6 is 0 Å². The van der Waals surface area contributed by atoms with Crippen LogP contribution in [-0.4, -0.2) is 6.03 Å². The molecule has 0 aliphatic carbocycles. The number of amides is 2. The monoisotopic (exact) mass is 398 g/mol. The molecule has 11 heteroatoms. The fourth-order valence-electron chi connectivity index (χ4n) is 2.11. The SMILES string of the molecule is O=C(NCc1cc(F)cc(C(F)(F)F)c1)Nc1cccc(C(F)(F)F)c1F. The lowest BCUT2D eigenvalue weighted by molar-refractivity contribution is -0.140. The van der Waals surface area contributed by atoms with E-state index in [2.05, 4.69) is 0 Å². The lowest BCUT2D eigenvalue weighted by atomic mass is 10.1. The second-order valence-electron chi connectivity index (χ2n) is 5.32. The first-order valence-corrected chi connectivity index (χ1v) is 7.15. The Morgan fingerprint density at radius 1 is 0.926 bits per heavy atom.